The first-order valence-corrected chi connectivity index (χ1v) is 5.47. The molecular formula is C12H10ClNO4. The van der Waals surface area contributed by atoms with Crippen LogP contribution in [0.4, 0.5) is 0 Å². The molecule has 0 fully saturated rings. The van der Waals surface area contributed by atoms with Crippen molar-refractivity contribution in [2.75, 3.05) is 7.11 Å². The summed E-state index contributed by atoms with van der Waals surface area (Å²) in [6.45, 7) is 1.69. The minimum atomic E-state index is -1.18. The molecule has 18 heavy (non-hydrogen) atoms. The molecule has 0 saturated heterocycles. The highest BCUT2D eigenvalue weighted by atomic mass is 35.5. The second kappa shape index (κ2) is 4.34. The summed E-state index contributed by atoms with van der Waals surface area (Å²) >= 11 is 6.02. The molecule has 1 aromatic heterocycles. The lowest BCUT2D eigenvalue weighted by Gasteiger charge is -2.11. The number of nitrogens with one attached hydrogen (secondary N) is 1. The molecular weight excluding hydrogens is 258 g/mol. The van der Waals surface area contributed by atoms with Gasteiger partial charge in [-0.25, -0.2) is 4.79 Å². The van der Waals surface area contributed by atoms with Crippen LogP contribution in [0.15, 0.2) is 16.9 Å². The molecule has 6 heteroatoms. The summed E-state index contributed by atoms with van der Waals surface area (Å²) < 4.78 is 5.11. The van der Waals surface area contributed by atoms with E-state index in [0.29, 0.717) is 27.2 Å². The van der Waals surface area contributed by atoms with Crippen molar-refractivity contribution in [3.63, 3.8) is 0 Å². The summed E-state index contributed by atoms with van der Waals surface area (Å²) in [6.07, 6.45) is 0. The van der Waals surface area contributed by atoms with Crippen molar-refractivity contribution in [2.45, 2.75) is 6.92 Å². The minimum Gasteiger partial charge on any atom is -0.494 e. The number of methoxy groups -OCH3 is 1. The van der Waals surface area contributed by atoms with Crippen molar-refractivity contribution in [1.29, 1.82) is 0 Å². The maximum Gasteiger partial charge on any atom is 0.336 e. The standard InChI is InChI=1S/C12H10ClNO4/c1-5-7(13)4-8(18-2)11-10(5)6(12(16)17)3-9(15)14-11/h3-4H,1-2H3,(H,14,15)(H,16,17). The number of hydrogen-bond donors (Lipinski definition) is 2. The number of rotatable bonds is 2. The van der Waals surface area contributed by atoms with E-state index >= 15 is 0 Å². The molecule has 5 nitrogen and oxygen atoms in total. The van der Waals surface area contributed by atoms with E-state index in [2.05, 4.69) is 4.98 Å². The van der Waals surface area contributed by atoms with Gasteiger partial charge in [0.1, 0.15) is 5.75 Å². The molecule has 0 aliphatic heterocycles. The maximum atomic E-state index is 11.5. The number of benzene rings is 1. The molecule has 0 saturated carbocycles. The van der Waals surface area contributed by atoms with Crippen LogP contribution in [0, 0.1) is 6.92 Å². The van der Waals surface area contributed by atoms with Crippen molar-refractivity contribution in [2.24, 2.45) is 0 Å². The van der Waals surface area contributed by atoms with E-state index < -0.39 is 11.5 Å². The second-order valence-corrected chi connectivity index (χ2v) is 4.20. The fourth-order valence-corrected chi connectivity index (χ4v) is 2.07. The number of aromatic carboxylic acids is 1. The van der Waals surface area contributed by atoms with Crippen molar-refractivity contribution in [1.82, 2.24) is 4.98 Å². The third kappa shape index (κ3) is 1.82. The molecule has 2 rings (SSSR count). The van der Waals surface area contributed by atoms with E-state index in [1.54, 1.807) is 13.0 Å². The lowest BCUT2D eigenvalue weighted by atomic mass is 10.0. The molecule has 94 valence electrons. The lowest BCUT2D eigenvalue weighted by Crippen LogP contribution is -2.11. The van der Waals surface area contributed by atoms with Gasteiger partial charge in [-0.05, 0) is 12.5 Å². The van der Waals surface area contributed by atoms with Gasteiger partial charge in [0.15, 0.2) is 0 Å². The average Bonchev–Trinajstić information content (AvgIpc) is 2.32. The first-order chi connectivity index (χ1) is 8.45. The average molecular weight is 268 g/mol. The smallest absolute Gasteiger partial charge is 0.336 e. The molecule has 0 spiro atoms. The van der Waals surface area contributed by atoms with Gasteiger partial charge in [-0.15, -0.1) is 0 Å². The molecule has 0 amide bonds. The third-order valence-corrected chi connectivity index (χ3v) is 3.12. The third-order valence-electron chi connectivity index (χ3n) is 2.73. The molecule has 0 radical (unpaired) electrons. The summed E-state index contributed by atoms with van der Waals surface area (Å²) in [5, 5.41) is 9.91. The van der Waals surface area contributed by atoms with Crippen LogP contribution in [0.3, 0.4) is 0 Å². The maximum absolute atomic E-state index is 11.5. The van der Waals surface area contributed by atoms with Crippen LogP contribution in [0.1, 0.15) is 15.9 Å². The predicted molar refractivity (Wildman–Crippen MR) is 67.8 cm³/mol. The van der Waals surface area contributed by atoms with Crippen molar-refractivity contribution < 1.29 is 14.6 Å². The zero-order valence-electron chi connectivity index (χ0n) is 9.70. The van der Waals surface area contributed by atoms with Crippen LogP contribution in [0.2, 0.25) is 5.02 Å². The topological polar surface area (TPSA) is 79.4 Å². The normalized spacial score (nSPS) is 10.6. The molecule has 2 N–H and O–H groups in total. The number of carboxylic acid groups (broad SMARTS) is 1. The number of H-pyrrole nitrogens is 1. The number of hydrogen-bond acceptors (Lipinski definition) is 3. The van der Waals surface area contributed by atoms with Gasteiger partial charge in [0.2, 0.25) is 5.56 Å². The summed E-state index contributed by atoms with van der Waals surface area (Å²) in [5.74, 6) is -0.848. The summed E-state index contributed by atoms with van der Waals surface area (Å²) in [4.78, 5) is 25.2. The van der Waals surface area contributed by atoms with Crippen LogP contribution in [0.5, 0.6) is 5.75 Å². The lowest BCUT2D eigenvalue weighted by molar-refractivity contribution is 0.0699. The van der Waals surface area contributed by atoms with E-state index in [4.69, 9.17) is 21.4 Å². The number of ether oxygens (including phenoxy) is 1. The van der Waals surface area contributed by atoms with Gasteiger partial charge >= 0.3 is 5.97 Å². The largest absolute Gasteiger partial charge is 0.494 e. The van der Waals surface area contributed by atoms with Crippen molar-refractivity contribution in [3.05, 3.63) is 38.6 Å². The fourth-order valence-electron chi connectivity index (χ4n) is 1.88. The van der Waals surface area contributed by atoms with Gasteiger partial charge < -0.3 is 14.8 Å². The number of fused-ring (bicyclic) bond motifs is 1. The van der Waals surface area contributed by atoms with Gasteiger partial charge in [-0.1, -0.05) is 11.6 Å². The number of aromatic amines is 1. The van der Waals surface area contributed by atoms with E-state index in [0.717, 1.165) is 6.07 Å². The van der Waals surface area contributed by atoms with E-state index in [1.165, 1.54) is 7.11 Å². The van der Waals surface area contributed by atoms with E-state index in [9.17, 15) is 9.59 Å². The Balaban J connectivity index is 3.08. The predicted octanol–water partition coefficient (Wildman–Crippen LogP) is 2.20. The summed E-state index contributed by atoms with van der Waals surface area (Å²) in [7, 11) is 1.42. The van der Waals surface area contributed by atoms with Gasteiger partial charge in [0, 0.05) is 22.5 Å². The molecule has 0 atom stereocenters. The van der Waals surface area contributed by atoms with Gasteiger partial charge in [0.05, 0.1) is 18.2 Å². The Morgan fingerprint density at radius 2 is 2.11 bits per heavy atom. The van der Waals surface area contributed by atoms with Crippen molar-refractivity contribution in [3.8, 4) is 5.75 Å². The molecule has 0 aliphatic carbocycles. The van der Waals surface area contributed by atoms with E-state index in [1.807, 2.05) is 0 Å². The Morgan fingerprint density at radius 3 is 2.67 bits per heavy atom. The Hall–Kier alpha value is -2.01. The van der Waals surface area contributed by atoms with Crippen LogP contribution < -0.4 is 10.3 Å². The number of aromatic nitrogens is 1. The molecule has 0 bridgehead atoms. The highest BCUT2D eigenvalue weighted by molar-refractivity contribution is 6.33. The number of carbonyl (C=O) groups is 1. The van der Waals surface area contributed by atoms with Gasteiger partial charge in [-0.2, -0.15) is 0 Å². The molecule has 0 unspecified atom stereocenters. The van der Waals surface area contributed by atoms with Crippen LogP contribution in [0.25, 0.3) is 10.9 Å². The Bertz CT molecular complexity index is 705. The number of aryl methyl sites for hydroxylation is 1. The molecule has 1 aromatic carbocycles. The first-order valence-electron chi connectivity index (χ1n) is 5.09. The molecule has 0 aliphatic rings. The summed E-state index contributed by atoms with van der Waals surface area (Å²) in [6, 6.07) is 2.58. The molecule has 2 aromatic rings. The zero-order valence-corrected chi connectivity index (χ0v) is 10.5. The minimum absolute atomic E-state index is 0.0907. The number of pyridine rings is 1. The zero-order chi connectivity index (χ0) is 13.4. The fraction of sp³-hybridized carbons (Fsp3) is 0.167. The summed E-state index contributed by atoms with van der Waals surface area (Å²) in [5.41, 5.74) is 0.331. The van der Waals surface area contributed by atoms with Crippen molar-refractivity contribution >= 4 is 28.5 Å². The number of halogens is 1. The SMILES string of the molecule is COc1cc(Cl)c(C)c2c(C(=O)O)cc(=O)[nH]c12. The van der Waals surface area contributed by atoms with Crippen LogP contribution >= 0.6 is 11.6 Å². The monoisotopic (exact) mass is 267 g/mol. The quantitative estimate of drug-likeness (QED) is 0.874. The second-order valence-electron chi connectivity index (χ2n) is 3.79. The Kier molecular flexibility index (Phi) is 3.00. The van der Waals surface area contributed by atoms with Gasteiger partial charge in [0.25, 0.3) is 0 Å². The van der Waals surface area contributed by atoms with Crippen LogP contribution in [-0.4, -0.2) is 23.2 Å². The van der Waals surface area contributed by atoms with Crippen LogP contribution in [-0.2, 0) is 0 Å². The Morgan fingerprint density at radius 1 is 1.44 bits per heavy atom. The Labute approximate surface area is 107 Å². The highest BCUT2D eigenvalue weighted by Gasteiger charge is 2.17. The first kappa shape index (κ1) is 12.4. The molecule has 1 heterocycles. The number of carboxylic acids is 1. The van der Waals surface area contributed by atoms with E-state index in [-0.39, 0.29) is 5.56 Å². The van der Waals surface area contributed by atoms with Gasteiger partial charge in [-0.3, -0.25) is 4.79 Å². The highest BCUT2D eigenvalue weighted by Crippen LogP contribution is 2.33.